The molecule has 6 nitrogen and oxygen atoms in total. The van der Waals surface area contributed by atoms with Crippen LogP contribution in [0.5, 0.6) is 0 Å². The van der Waals surface area contributed by atoms with Gasteiger partial charge in [0.05, 0.1) is 26.4 Å². The molecule has 3 fully saturated rings. The molecule has 0 aromatic carbocycles. The molecular weight excluding hydrogens is 336 g/mol. The lowest BCUT2D eigenvalue weighted by molar-refractivity contribution is -0.0221. The van der Waals surface area contributed by atoms with Gasteiger partial charge < -0.3 is 18.9 Å². The normalized spacial score (nSPS) is 41.2. The first-order valence-electron chi connectivity index (χ1n) is 9.91. The Morgan fingerprint density at radius 2 is 1.23 bits per heavy atom. The van der Waals surface area contributed by atoms with Crippen LogP contribution >= 0.6 is 0 Å². The van der Waals surface area contributed by atoms with Crippen molar-refractivity contribution in [2.24, 2.45) is 47.3 Å². The van der Waals surface area contributed by atoms with Crippen molar-refractivity contribution < 1.29 is 28.5 Å². The first kappa shape index (κ1) is 17.7. The number of carbonyl (C=O) groups is 2. The van der Waals surface area contributed by atoms with Crippen molar-refractivity contribution in [3.63, 3.8) is 0 Å². The van der Waals surface area contributed by atoms with E-state index in [0.29, 0.717) is 61.9 Å². The Bertz CT molecular complexity index is 539. The molecular formula is C20H28O6. The maximum absolute atomic E-state index is 11.7. The average molecular weight is 364 g/mol. The van der Waals surface area contributed by atoms with Gasteiger partial charge in [-0.15, -0.1) is 0 Å². The van der Waals surface area contributed by atoms with Gasteiger partial charge in [-0.2, -0.15) is 0 Å². The van der Waals surface area contributed by atoms with Crippen molar-refractivity contribution in [1.82, 2.24) is 0 Å². The largest absolute Gasteiger partial charge is 0.508 e. The lowest BCUT2D eigenvalue weighted by Crippen LogP contribution is -2.41. The molecule has 4 aliphatic carbocycles. The van der Waals surface area contributed by atoms with Crippen LogP contribution in [0.1, 0.15) is 26.7 Å². The second-order valence-corrected chi connectivity index (χ2v) is 7.98. The smallest absolute Gasteiger partial charge is 0.435 e. The number of carbonyl (C=O) groups excluding carboxylic acids is 2. The standard InChI is InChI=1S/C20H28O6/c1-3-23-19(21)25-9-15-13-8-14(16(15)10-26-20(22)24-4-2)18-12-6-5-11(7-12)17(13)18/h5-6,11-18H,3-4,7-10H2,1-2H3. The third kappa shape index (κ3) is 2.87. The molecule has 3 saturated carbocycles. The molecule has 4 aliphatic rings. The fourth-order valence-corrected chi connectivity index (χ4v) is 6.43. The summed E-state index contributed by atoms with van der Waals surface area (Å²) in [5.74, 6) is 4.29. The number of hydrogen-bond acceptors (Lipinski definition) is 6. The van der Waals surface area contributed by atoms with E-state index in [0.717, 1.165) is 6.42 Å². The molecule has 0 aromatic rings. The molecule has 6 heteroatoms. The lowest BCUT2D eigenvalue weighted by Gasteiger charge is -2.41. The zero-order valence-electron chi connectivity index (χ0n) is 15.5. The summed E-state index contributed by atoms with van der Waals surface area (Å²) in [5.41, 5.74) is 0. The second kappa shape index (κ2) is 7.12. The predicted octanol–water partition coefficient (Wildman–Crippen LogP) is 3.65. The minimum Gasteiger partial charge on any atom is -0.435 e. The van der Waals surface area contributed by atoms with Gasteiger partial charge in [-0.1, -0.05) is 12.2 Å². The van der Waals surface area contributed by atoms with E-state index in [1.165, 1.54) is 6.42 Å². The molecule has 0 radical (unpaired) electrons. The number of rotatable bonds is 6. The first-order valence-corrected chi connectivity index (χ1v) is 9.91. The zero-order chi connectivity index (χ0) is 18.3. The molecule has 0 aromatic heterocycles. The number of ether oxygens (including phenoxy) is 4. The van der Waals surface area contributed by atoms with Gasteiger partial charge >= 0.3 is 12.3 Å². The van der Waals surface area contributed by atoms with E-state index in [1.54, 1.807) is 13.8 Å². The van der Waals surface area contributed by atoms with Gasteiger partial charge in [0.1, 0.15) is 0 Å². The van der Waals surface area contributed by atoms with E-state index in [1.807, 2.05) is 0 Å². The maximum atomic E-state index is 11.7. The molecule has 0 heterocycles. The van der Waals surface area contributed by atoms with Crippen LogP contribution in [0.3, 0.4) is 0 Å². The van der Waals surface area contributed by atoms with Gasteiger partial charge in [0, 0.05) is 11.8 Å². The molecule has 144 valence electrons. The quantitative estimate of drug-likeness (QED) is 0.407. The fraction of sp³-hybridized carbons (Fsp3) is 0.800. The SMILES string of the molecule is CCOC(=O)OCC1C(COC(=O)OCC)C2CC1C1C3C=CC(C3)C21. The molecule has 8 atom stereocenters. The van der Waals surface area contributed by atoms with Gasteiger partial charge in [-0.05, 0) is 62.2 Å². The van der Waals surface area contributed by atoms with Gasteiger partial charge in [0.2, 0.25) is 0 Å². The minimum absolute atomic E-state index is 0.229. The highest BCUT2D eigenvalue weighted by Crippen LogP contribution is 2.68. The monoisotopic (exact) mass is 364 g/mol. The summed E-state index contributed by atoms with van der Waals surface area (Å²) >= 11 is 0. The van der Waals surface area contributed by atoms with Gasteiger partial charge in [-0.3, -0.25) is 0 Å². The molecule has 8 unspecified atom stereocenters. The second-order valence-electron chi connectivity index (χ2n) is 7.98. The van der Waals surface area contributed by atoms with Crippen LogP contribution in [0.2, 0.25) is 0 Å². The third-order valence-electron chi connectivity index (χ3n) is 7.08. The maximum Gasteiger partial charge on any atom is 0.508 e. The summed E-state index contributed by atoms with van der Waals surface area (Å²) < 4.78 is 20.6. The Morgan fingerprint density at radius 3 is 1.65 bits per heavy atom. The van der Waals surface area contributed by atoms with E-state index in [-0.39, 0.29) is 11.8 Å². The summed E-state index contributed by atoms with van der Waals surface area (Å²) in [4.78, 5) is 23.3. The average Bonchev–Trinajstić information content (AvgIpc) is 3.36. The first-order chi connectivity index (χ1) is 12.6. The fourth-order valence-electron chi connectivity index (χ4n) is 6.43. The van der Waals surface area contributed by atoms with Crippen molar-refractivity contribution in [3.8, 4) is 0 Å². The third-order valence-corrected chi connectivity index (χ3v) is 7.08. The van der Waals surface area contributed by atoms with Crippen molar-refractivity contribution in [3.05, 3.63) is 12.2 Å². The lowest BCUT2D eigenvalue weighted by atomic mass is 9.65. The highest BCUT2D eigenvalue weighted by Gasteiger charge is 2.64. The van der Waals surface area contributed by atoms with E-state index in [4.69, 9.17) is 18.9 Å². The van der Waals surface area contributed by atoms with Gasteiger partial charge in [0.15, 0.2) is 0 Å². The Balaban J connectivity index is 1.45. The number of allylic oxidation sites excluding steroid dienone is 2. The molecule has 0 N–H and O–H groups in total. The van der Waals surface area contributed by atoms with Crippen molar-refractivity contribution in [2.45, 2.75) is 26.7 Å². The summed E-state index contributed by atoms with van der Waals surface area (Å²) in [6.45, 7) is 4.85. The van der Waals surface area contributed by atoms with Crippen LogP contribution in [-0.4, -0.2) is 38.7 Å². The highest BCUT2D eigenvalue weighted by atomic mass is 16.7. The van der Waals surface area contributed by atoms with E-state index < -0.39 is 12.3 Å². The zero-order valence-corrected chi connectivity index (χ0v) is 15.5. The molecule has 4 bridgehead atoms. The van der Waals surface area contributed by atoms with Gasteiger partial charge in [0.25, 0.3) is 0 Å². The van der Waals surface area contributed by atoms with E-state index >= 15 is 0 Å². The van der Waals surface area contributed by atoms with Crippen molar-refractivity contribution in [2.75, 3.05) is 26.4 Å². The molecule has 26 heavy (non-hydrogen) atoms. The van der Waals surface area contributed by atoms with Crippen LogP contribution in [0.15, 0.2) is 12.2 Å². The molecule has 0 aliphatic heterocycles. The highest BCUT2D eigenvalue weighted by molar-refractivity contribution is 5.60. The van der Waals surface area contributed by atoms with Crippen LogP contribution in [0, 0.1) is 47.3 Å². The van der Waals surface area contributed by atoms with E-state index in [2.05, 4.69) is 12.2 Å². The van der Waals surface area contributed by atoms with E-state index in [9.17, 15) is 9.59 Å². The molecule has 0 spiro atoms. The van der Waals surface area contributed by atoms with Crippen LogP contribution < -0.4 is 0 Å². The number of hydrogen-bond donors (Lipinski definition) is 0. The molecule has 0 amide bonds. The Labute approximate surface area is 154 Å². The Hall–Kier alpha value is -1.72. The Kier molecular flexibility index (Phi) is 4.84. The summed E-state index contributed by atoms with van der Waals surface area (Å²) in [7, 11) is 0. The summed E-state index contributed by atoms with van der Waals surface area (Å²) in [5, 5.41) is 0. The Morgan fingerprint density at radius 1 is 0.769 bits per heavy atom. The number of fused-ring (bicyclic) bond motifs is 9. The van der Waals surface area contributed by atoms with Crippen LogP contribution in [0.25, 0.3) is 0 Å². The van der Waals surface area contributed by atoms with Crippen molar-refractivity contribution in [1.29, 1.82) is 0 Å². The predicted molar refractivity (Wildman–Crippen MR) is 92.2 cm³/mol. The van der Waals surface area contributed by atoms with Gasteiger partial charge in [-0.25, -0.2) is 9.59 Å². The molecule has 4 rings (SSSR count). The van der Waals surface area contributed by atoms with Crippen LogP contribution in [-0.2, 0) is 18.9 Å². The summed E-state index contributed by atoms with van der Waals surface area (Å²) in [6.07, 6.45) is 5.98. The summed E-state index contributed by atoms with van der Waals surface area (Å²) in [6, 6.07) is 0. The molecule has 0 saturated heterocycles. The topological polar surface area (TPSA) is 71.1 Å². The minimum atomic E-state index is -0.607. The van der Waals surface area contributed by atoms with Crippen LogP contribution in [0.4, 0.5) is 9.59 Å². The van der Waals surface area contributed by atoms with Crippen molar-refractivity contribution >= 4 is 12.3 Å².